The van der Waals surface area contributed by atoms with Crippen molar-refractivity contribution < 1.29 is 9.80 Å². The Balaban J connectivity index is 0.000000980. The van der Waals surface area contributed by atoms with E-state index in [2.05, 4.69) is 23.8 Å². The zero-order valence-corrected chi connectivity index (χ0v) is 8.43. The van der Waals surface area contributed by atoms with Gasteiger partial charge in [0, 0.05) is 13.8 Å². The van der Waals surface area contributed by atoms with Gasteiger partial charge in [-0.3, -0.25) is 0 Å². The Labute approximate surface area is 86.3 Å². The fourth-order valence-electron chi connectivity index (χ4n) is 1.99. The molecule has 0 spiro atoms. The van der Waals surface area contributed by atoms with E-state index < -0.39 is 0 Å². The first-order valence-corrected chi connectivity index (χ1v) is 4.99. The third kappa shape index (κ3) is 2.19. The third-order valence-electron chi connectivity index (χ3n) is 2.98. The van der Waals surface area contributed by atoms with E-state index in [4.69, 9.17) is 0 Å². The summed E-state index contributed by atoms with van der Waals surface area (Å²) in [5.74, 6) is 2.54. The van der Waals surface area contributed by atoms with Gasteiger partial charge in [0.05, 0.1) is 13.1 Å². The van der Waals surface area contributed by atoms with Crippen molar-refractivity contribution >= 4 is 11.7 Å². The molecule has 0 bridgehead atoms. The second kappa shape index (κ2) is 4.66. The molecular formula is C10H22N4+2. The first kappa shape index (κ1) is 11.3. The maximum absolute atomic E-state index is 4.41. The molecule has 0 aromatic carbocycles. The van der Waals surface area contributed by atoms with E-state index in [1.165, 1.54) is 34.6 Å². The molecule has 0 aromatic heterocycles. The van der Waals surface area contributed by atoms with Gasteiger partial charge in [0.2, 0.25) is 6.67 Å². The number of nitrogens with zero attached hydrogens (tertiary/aromatic N) is 2. The van der Waals surface area contributed by atoms with Gasteiger partial charge in [-0.15, -0.1) is 0 Å². The largest absolute Gasteiger partial charge is 0.242 e. The van der Waals surface area contributed by atoms with Crippen LogP contribution in [0, 0.1) is 0 Å². The molecule has 0 aliphatic carbocycles. The lowest BCUT2D eigenvalue weighted by Crippen LogP contribution is -3.32. The molecule has 2 aliphatic heterocycles. The van der Waals surface area contributed by atoms with Crippen molar-refractivity contribution in [1.29, 1.82) is 0 Å². The van der Waals surface area contributed by atoms with Crippen molar-refractivity contribution in [3.63, 3.8) is 0 Å². The highest BCUT2D eigenvalue weighted by Crippen LogP contribution is 1.77. The molecule has 2 rings (SSSR count). The first-order chi connectivity index (χ1) is 6.27. The van der Waals surface area contributed by atoms with Gasteiger partial charge in [0.25, 0.3) is 0 Å². The van der Waals surface area contributed by atoms with E-state index in [1.807, 2.05) is 0 Å². The number of rotatable bonds is 2. The number of hydrogen-bond acceptors (Lipinski definition) is 2. The van der Waals surface area contributed by atoms with Gasteiger partial charge >= 0.3 is 0 Å². The molecule has 2 N–H and O–H groups in total. The average Bonchev–Trinajstić information content (AvgIpc) is 2.65. The molecule has 0 amide bonds. The van der Waals surface area contributed by atoms with E-state index in [1.54, 1.807) is 0 Å². The summed E-state index contributed by atoms with van der Waals surface area (Å²) in [6.45, 7) is 9.74. The molecule has 80 valence electrons. The lowest BCUT2D eigenvalue weighted by molar-refractivity contribution is -0.995. The van der Waals surface area contributed by atoms with Crippen LogP contribution in [0.15, 0.2) is 9.98 Å². The molecule has 4 nitrogen and oxygen atoms in total. The van der Waals surface area contributed by atoms with Gasteiger partial charge in [-0.2, -0.15) is 0 Å². The average molecular weight is 198 g/mol. The van der Waals surface area contributed by atoms with E-state index >= 15 is 0 Å². The van der Waals surface area contributed by atoms with Gasteiger partial charge in [0.15, 0.2) is 11.7 Å². The first-order valence-electron chi connectivity index (χ1n) is 4.99. The maximum atomic E-state index is 4.41. The Morgan fingerprint density at radius 2 is 1.43 bits per heavy atom. The van der Waals surface area contributed by atoms with Crippen molar-refractivity contribution in [2.24, 2.45) is 9.98 Å². The minimum atomic E-state index is 0. The highest BCUT2D eigenvalue weighted by molar-refractivity contribution is 5.72. The van der Waals surface area contributed by atoms with Crippen molar-refractivity contribution in [1.82, 2.24) is 0 Å². The summed E-state index contributed by atoms with van der Waals surface area (Å²) < 4.78 is 0. The topological polar surface area (TPSA) is 33.6 Å². The number of hydrogen-bond donors (Lipinski definition) is 2. The van der Waals surface area contributed by atoms with Crippen LogP contribution < -0.4 is 9.80 Å². The Hall–Kier alpha value is -0.740. The van der Waals surface area contributed by atoms with Crippen LogP contribution in [0.4, 0.5) is 0 Å². The van der Waals surface area contributed by atoms with Crippen molar-refractivity contribution in [3.8, 4) is 0 Å². The molecule has 0 aromatic rings. The Morgan fingerprint density at radius 3 is 1.71 bits per heavy atom. The molecule has 0 radical (unpaired) electrons. The van der Waals surface area contributed by atoms with E-state index in [0.29, 0.717) is 0 Å². The monoisotopic (exact) mass is 198 g/mol. The van der Waals surface area contributed by atoms with Gasteiger partial charge < -0.3 is 0 Å². The van der Waals surface area contributed by atoms with Crippen LogP contribution in [0.2, 0.25) is 0 Å². The van der Waals surface area contributed by atoms with Crippen molar-refractivity contribution in [2.45, 2.75) is 21.3 Å². The van der Waals surface area contributed by atoms with E-state index in [-0.39, 0.29) is 7.43 Å². The highest BCUT2D eigenvalue weighted by atomic mass is 15.4. The van der Waals surface area contributed by atoms with Crippen LogP contribution in [0.1, 0.15) is 21.3 Å². The molecule has 2 atom stereocenters. The zero-order valence-electron chi connectivity index (χ0n) is 8.43. The normalized spacial score (nSPS) is 31.0. The number of nitrogens with one attached hydrogen (secondary N) is 2. The van der Waals surface area contributed by atoms with E-state index in [0.717, 1.165) is 19.8 Å². The Morgan fingerprint density at radius 1 is 1.00 bits per heavy atom. The zero-order chi connectivity index (χ0) is 9.26. The van der Waals surface area contributed by atoms with Gasteiger partial charge in [-0.25, -0.2) is 19.8 Å². The molecule has 4 heteroatoms. The quantitative estimate of drug-likeness (QED) is 0.526. The second-order valence-corrected chi connectivity index (χ2v) is 3.82. The summed E-state index contributed by atoms with van der Waals surface area (Å²) in [4.78, 5) is 11.9. The van der Waals surface area contributed by atoms with Gasteiger partial charge in [-0.1, -0.05) is 7.43 Å². The van der Waals surface area contributed by atoms with Gasteiger partial charge in [-0.05, 0) is 0 Å². The van der Waals surface area contributed by atoms with Gasteiger partial charge in [0.1, 0.15) is 13.1 Å². The fourth-order valence-corrected chi connectivity index (χ4v) is 1.99. The predicted molar refractivity (Wildman–Crippen MR) is 59.2 cm³/mol. The van der Waals surface area contributed by atoms with Crippen LogP contribution in [0.25, 0.3) is 0 Å². The maximum Gasteiger partial charge on any atom is 0.215 e. The van der Waals surface area contributed by atoms with Crippen LogP contribution >= 0.6 is 0 Å². The van der Waals surface area contributed by atoms with E-state index in [9.17, 15) is 0 Å². The van der Waals surface area contributed by atoms with Crippen LogP contribution in [0.3, 0.4) is 0 Å². The molecule has 14 heavy (non-hydrogen) atoms. The lowest BCUT2D eigenvalue weighted by Gasteiger charge is -2.17. The summed E-state index contributed by atoms with van der Waals surface area (Å²) in [5, 5.41) is 0. The van der Waals surface area contributed by atoms with Crippen LogP contribution in [-0.4, -0.2) is 44.5 Å². The van der Waals surface area contributed by atoms with Crippen LogP contribution in [-0.2, 0) is 0 Å². The molecule has 2 unspecified atom stereocenters. The molecule has 0 saturated heterocycles. The van der Waals surface area contributed by atoms with Crippen molar-refractivity contribution in [2.75, 3.05) is 32.8 Å². The summed E-state index contributed by atoms with van der Waals surface area (Å²) in [5.41, 5.74) is 0. The molecule has 0 fully saturated rings. The predicted octanol–water partition coefficient (Wildman–Crippen LogP) is -1.79. The summed E-state index contributed by atoms with van der Waals surface area (Å²) >= 11 is 0. The molecular weight excluding hydrogens is 176 g/mol. The summed E-state index contributed by atoms with van der Waals surface area (Å²) in [7, 11) is 0. The summed E-state index contributed by atoms with van der Waals surface area (Å²) in [6, 6.07) is 0. The molecule has 2 heterocycles. The fraction of sp³-hybridized carbons (Fsp3) is 0.800. The Bertz CT molecular complexity index is 231. The number of amidine groups is 2. The Kier molecular flexibility index (Phi) is 3.77. The SMILES string of the molecule is C.CC1=NCC[NH+]1C[NH+]1CCN=C1C. The molecule has 0 saturated carbocycles. The smallest absolute Gasteiger partial charge is 0.215 e. The lowest BCUT2D eigenvalue weighted by atomic mass is 10.5. The van der Waals surface area contributed by atoms with Crippen molar-refractivity contribution in [3.05, 3.63) is 0 Å². The molecule has 2 aliphatic rings. The minimum Gasteiger partial charge on any atom is -0.242 e. The summed E-state index contributed by atoms with van der Waals surface area (Å²) in [6.07, 6.45) is 0. The van der Waals surface area contributed by atoms with Crippen LogP contribution in [0.5, 0.6) is 0 Å². The number of quaternary nitrogens is 2. The standard InChI is InChI=1S/C9H16N4.CH4/c1-8-10-3-5-12(8)7-13-6-4-11-9(13)2;/h3-7H2,1-2H3;1H4/p+2. The third-order valence-corrected chi connectivity index (χ3v) is 2.98. The highest BCUT2D eigenvalue weighted by Gasteiger charge is 2.27. The second-order valence-electron chi connectivity index (χ2n) is 3.82. The number of aliphatic imine (C=N–C) groups is 2. The minimum absolute atomic E-state index is 0.